The summed E-state index contributed by atoms with van der Waals surface area (Å²) in [6.07, 6.45) is -1.25. The molecular formula is C14H9F3N4O. The van der Waals surface area contributed by atoms with E-state index >= 15 is 0 Å². The van der Waals surface area contributed by atoms with Gasteiger partial charge in [0.1, 0.15) is 0 Å². The molecule has 5 nitrogen and oxygen atoms in total. The van der Waals surface area contributed by atoms with Gasteiger partial charge in [0.05, 0.1) is 29.2 Å². The number of aromatic hydroxyl groups is 1. The predicted octanol–water partition coefficient (Wildman–Crippen LogP) is 2.90. The van der Waals surface area contributed by atoms with Gasteiger partial charge < -0.3 is 5.11 Å². The van der Waals surface area contributed by atoms with E-state index in [1.165, 1.54) is 6.20 Å². The van der Waals surface area contributed by atoms with Crippen molar-refractivity contribution in [3.8, 4) is 17.3 Å². The Bertz CT molecular complexity index is 821. The molecule has 0 aliphatic rings. The van der Waals surface area contributed by atoms with E-state index in [9.17, 15) is 18.3 Å². The molecule has 8 heteroatoms. The second-order valence-electron chi connectivity index (χ2n) is 4.59. The average molecular weight is 306 g/mol. The van der Waals surface area contributed by atoms with Crippen LogP contribution in [-0.4, -0.2) is 31.2 Å². The summed E-state index contributed by atoms with van der Waals surface area (Å²) in [6, 6.07) is 4.46. The molecule has 0 amide bonds. The molecule has 0 saturated carbocycles. The maximum Gasteiger partial charge on any atom is 0.394 e. The molecule has 3 aromatic rings. The Hall–Kier alpha value is -2.77. The van der Waals surface area contributed by atoms with Crippen LogP contribution in [0.4, 0.5) is 13.2 Å². The zero-order chi connectivity index (χ0) is 15.7. The number of fused-ring (bicyclic) bond motifs is 1. The topological polar surface area (TPSA) is 71.8 Å². The molecule has 0 fully saturated rings. The van der Waals surface area contributed by atoms with E-state index < -0.39 is 12.6 Å². The lowest BCUT2D eigenvalue weighted by molar-refractivity contribution is -0.127. The first kappa shape index (κ1) is 14.2. The molecule has 0 aromatic carbocycles. The van der Waals surface area contributed by atoms with Crippen LogP contribution in [0.15, 0.2) is 36.8 Å². The maximum atomic E-state index is 12.4. The fourth-order valence-electron chi connectivity index (χ4n) is 1.99. The molecule has 3 rings (SSSR count). The first-order chi connectivity index (χ1) is 10.4. The molecule has 0 aliphatic heterocycles. The molecule has 22 heavy (non-hydrogen) atoms. The quantitative estimate of drug-likeness (QED) is 0.788. The molecule has 0 spiro atoms. The zero-order valence-corrected chi connectivity index (χ0v) is 11.0. The van der Waals surface area contributed by atoms with Gasteiger partial charge in [-0.25, -0.2) is 4.98 Å². The van der Waals surface area contributed by atoms with Gasteiger partial charge >= 0.3 is 6.18 Å². The van der Waals surface area contributed by atoms with Crippen molar-refractivity contribution in [2.75, 3.05) is 0 Å². The fraction of sp³-hybridized carbons (Fsp3) is 0.143. The molecule has 3 heterocycles. The second kappa shape index (κ2) is 5.21. The predicted molar refractivity (Wildman–Crippen MR) is 72.0 cm³/mol. The Balaban J connectivity index is 2.07. The number of pyridine rings is 2. The van der Waals surface area contributed by atoms with Crippen LogP contribution in [0, 0.1) is 0 Å². The van der Waals surface area contributed by atoms with E-state index in [2.05, 4.69) is 19.9 Å². The standard InChI is InChI=1S/C14H9F3N4O/c15-14(16,17)6-9-5-10-11(7-19-9)20-12(21-13(10)22)8-1-3-18-4-2-8/h1-5,7H,6H2,(H,20,21,22). The number of hydrogen-bond donors (Lipinski definition) is 1. The number of nitrogens with zero attached hydrogens (tertiary/aromatic N) is 4. The van der Waals surface area contributed by atoms with E-state index in [1.54, 1.807) is 24.5 Å². The van der Waals surface area contributed by atoms with Gasteiger partial charge in [-0.15, -0.1) is 0 Å². The molecule has 1 N–H and O–H groups in total. The van der Waals surface area contributed by atoms with E-state index in [0.717, 1.165) is 6.07 Å². The smallest absolute Gasteiger partial charge is 0.394 e. The van der Waals surface area contributed by atoms with Crippen LogP contribution >= 0.6 is 0 Å². The van der Waals surface area contributed by atoms with Crippen LogP contribution in [0.2, 0.25) is 0 Å². The Morgan fingerprint density at radius 1 is 1.09 bits per heavy atom. The van der Waals surface area contributed by atoms with Crippen molar-refractivity contribution in [1.82, 2.24) is 19.9 Å². The normalized spacial score (nSPS) is 11.8. The number of rotatable bonds is 2. The summed E-state index contributed by atoms with van der Waals surface area (Å²) < 4.78 is 37.2. The third kappa shape index (κ3) is 2.95. The summed E-state index contributed by atoms with van der Waals surface area (Å²) in [5, 5.41) is 10.1. The maximum absolute atomic E-state index is 12.4. The summed E-state index contributed by atoms with van der Waals surface area (Å²) in [4.78, 5) is 15.7. The van der Waals surface area contributed by atoms with Crippen molar-refractivity contribution in [3.05, 3.63) is 42.5 Å². The van der Waals surface area contributed by atoms with Crippen molar-refractivity contribution in [2.45, 2.75) is 12.6 Å². The molecule has 0 radical (unpaired) electrons. The first-order valence-electron chi connectivity index (χ1n) is 6.25. The molecule has 3 aromatic heterocycles. The lowest BCUT2D eigenvalue weighted by Crippen LogP contribution is -2.12. The number of aromatic nitrogens is 4. The lowest BCUT2D eigenvalue weighted by Gasteiger charge is -2.08. The number of hydrogen-bond acceptors (Lipinski definition) is 5. The first-order valence-corrected chi connectivity index (χ1v) is 6.25. The van der Waals surface area contributed by atoms with Gasteiger partial charge in [-0.3, -0.25) is 9.97 Å². The van der Waals surface area contributed by atoms with Gasteiger partial charge in [0.15, 0.2) is 5.82 Å². The highest BCUT2D eigenvalue weighted by atomic mass is 19.4. The summed E-state index contributed by atoms with van der Waals surface area (Å²) in [5.74, 6) is -0.139. The largest absolute Gasteiger partial charge is 0.493 e. The van der Waals surface area contributed by atoms with E-state index in [4.69, 9.17) is 0 Å². The SMILES string of the molecule is Oc1nc(-c2ccncc2)nc2cnc(CC(F)(F)F)cc12. The summed E-state index contributed by atoms with van der Waals surface area (Å²) in [7, 11) is 0. The van der Waals surface area contributed by atoms with Crippen LogP contribution in [0.1, 0.15) is 5.69 Å². The van der Waals surface area contributed by atoms with Gasteiger partial charge in [-0.1, -0.05) is 0 Å². The molecule has 0 saturated heterocycles. The van der Waals surface area contributed by atoms with Crippen molar-refractivity contribution in [1.29, 1.82) is 0 Å². The minimum Gasteiger partial charge on any atom is -0.493 e. The van der Waals surface area contributed by atoms with Gasteiger partial charge in [-0.05, 0) is 18.2 Å². The van der Waals surface area contributed by atoms with Crippen molar-refractivity contribution >= 4 is 10.9 Å². The minimum absolute atomic E-state index is 0.132. The molecule has 0 atom stereocenters. The van der Waals surface area contributed by atoms with Crippen LogP contribution in [0.3, 0.4) is 0 Å². The summed E-state index contributed by atoms with van der Waals surface area (Å²) in [6.45, 7) is 0. The third-order valence-electron chi connectivity index (χ3n) is 2.94. The molecule has 0 unspecified atom stereocenters. The van der Waals surface area contributed by atoms with Crippen LogP contribution in [-0.2, 0) is 6.42 Å². The third-order valence-corrected chi connectivity index (χ3v) is 2.94. The van der Waals surface area contributed by atoms with Gasteiger partial charge in [0.2, 0.25) is 5.88 Å². The second-order valence-corrected chi connectivity index (χ2v) is 4.59. The Labute approximate surface area is 122 Å². The Morgan fingerprint density at radius 3 is 2.50 bits per heavy atom. The van der Waals surface area contributed by atoms with E-state index in [1.807, 2.05) is 0 Å². The fourth-order valence-corrected chi connectivity index (χ4v) is 1.99. The molecular weight excluding hydrogens is 297 g/mol. The summed E-state index contributed by atoms with van der Waals surface area (Å²) >= 11 is 0. The van der Waals surface area contributed by atoms with Crippen LogP contribution in [0.5, 0.6) is 5.88 Å². The van der Waals surface area contributed by atoms with Crippen molar-refractivity contribution in [3.63, 3.8) is 0 Å². The van der Waals surface area contributed by atoms with E-state index in [-0.39, 0.29) is 28.3 Å². The molecule has 0 bridgehead atoms. The van der Waals surface area contributed by atoms with Crippen LogP contribution < -0.4 is 0 Å². The number of alkyl halides is 3. The Kier molecular flexibility index (Phi) is 3.36. The van der Waals surface area contributed by atoms with E-state index in [0.29, 0.717) is 5.56 Å². The lowest BCUT2D eigenvalue weighted by atomic mass is 10.2. The Morgan fingerprint density at radius 2 is 1.82 bits per heavy atom. The molecule has 112 valence electrons. The average Bonchev–Trinajstić information content (AvgIpc) is 2.47. The zero-order valence-electron chi connectivity index (χ0n) is 11.0. The van der Waals surface area contributed by atoms with Crippen LogP contribution in [0.25, 0.3) is 22.3 Å². The molecule has 0 aliphatic carbocycles. The van der Waals surface area contributed by atoms with Crippen molar-refractivity contribution in [2.24, 2.45) is 0 Å². The highest BCUT2D eigenvalue weighted by Crippen LogP contribution is 2.27. The highest BCUT2D eigenvalue weighted by Gasteiger charge is 2.28. The van der Waals surface area contributed by atoms with Gasteiger partial charge in [0, 0.05) is 18.0 Å². The minimum atomic E-state index is -4.37. The highest BCUT2D eigenvalue weighted by molar-refractivity contribution is 5.84. The number of halogens is 3. The van der Waals surface area contributed by atoms with Gasteiger partial charge in [-0.2, -0.15) is 18.2 Å². The van der Waals surface area contributed by atoms with Crippen molar-refractivity contribution < 1.29 is 18.3 Å². The summed E-state index contributed by atoms with van der Waals surface area (Å²) in [5.41, 5.74) is 0.701. The van der Waals surface area contributed by atoms with Gasteiger partial charge in [0.25, 0.3) is 0 Å². The monoisotopic (exact) mass is 306 g/mol.